The molecule has 0 saturated heterocycles. The first-order chi connectivity index (χ1) is 7.00. The van der Waals surface area contributed by atoms with Crippen LogP contribution in [0, 0.1) is 0 Å². The van der Waals surface area contributed by atoms with E-state index in [4.69, 9.17) is 0 Å². The van der Waals surface area contributed by atoms with E-state index >= 15 is 0 Å². The second-order valence-corrected chi connectivity index (χ2v) is 3.26. The van der Waals surface area contributed by atoms with Crippen LogP contribution in [0.2, 0.25) is 0 Å². The predicted octanol–water partition coefficient (Wildman–Crippen LogP) is 4.34. The second kappa shape index (κ2) is 8.31. The maximum atomic E-state index is 2.27. The van der Waals surface area contributed by atoms with E-state index in [1.54, 1.807) is 0 Å². The summed E-state index contributed by atoms with van der Waals surface area (Å²) in [4.78, 5) is 0. The molecule has 0 saturated carbocycles. The van der Waals surface area contributed by atoms with Crippen molar-refractivity contribution in [2.75, 3.05) is 0 Å². The summed E-state index contributed by atoms with van der Waals surface area (Å²) >= 11 is 0. The molecule has 0 radical (unpaired) electrons. The van der Waals surface area contributed by atoms with E-state index in [9.17, 15) is 0 Å². The lowest BCUT2D eigenvalue weighted by Gasteiger charge is -1.89. The third kappa shape index (κ3) is 6.24. The zero-order chi connectivity index (χ0) is 9.90. The highest BCUT2D eigenvalue weighted by Crippen LogP contribution is 2.00. The van der Waals surface area contributed by atoms with E-state index in [-0.39, 0.29) is 0 Å². The Morgan fingerprint density at radius 2 is 1.14 bits per heavy atom. The molecule has 0 aliphatic heterocycles. The summed E-state index contributed by atoms with van der Waals surface area (Å²) in [5.74, 6) is 0. The maximum absolute atomic E-state index is 2.27. The summed E-state index contributed by atoms with van der Waals surface area (Å²) in [6.45, 7) is 0. The van der Waals surface area contributed by atoms with E-state index < -0.39 is 0 Å². The average molecular weight is 186 g/mol. The first-order valence-corrected chi connectivity index (χ1v) is 5.30. The van der Waals surface area contributed by atoms with Crippen LogP contribution in [0.1, 0.15) is 25.7 Å². The van der Waals surface area contributed by atoms with Gasteiger partial charge in [0, 0.05) is 0 Å². The van der Waals surface area contributed by atoms with Crippen molar-refractivity contribution in [1.82, 2.24) is 0 Å². The Bertz CT molecular complexity index is 262. The van der Waals surface area contributed by atoms with Gasteiger partial charge in [0.05, 0.1) is 0 Å². The first kappa shape index (κ1) is 10.8. The van der Waals surface area contributed by atoms with E-state index in [2.05, 4.69) is 60.8 Å². The molecule has 14 heavy (non-hydrogen) atoms. The van der Waals surface area contributed by atoms with Crippen molar-refractivity contribution < 1.29 is 0 Å². The largest absolute Gasteiger partial charge is 0.0882 e. The molecule has 74 valence electrons. The smallest absolute Gasteiger partial charge is 0.0166 e. The molecule has 0 aromatic heterocycles. The average Bonchev–Trinajstić information content (AvgIpc) is 2.22. The first-order valence-electron chi connectivity index (χ1n) is 5.30. The fourth-order valence-corrected chi connectivity index (χ4v) is 1.23. The number of hydrogen-bond acceptors (Lipinski definition) is 0. The van der Waals surface area contributed by atoms with Crippen molar-refractivity contribution in [3.05, 3.63) is 60.8 Å². The molecule has 1 aliphatic rings. The molecule has 0 fully saturated rings. The van der Waals surface area contributed by atoms with Crippen LogP contribution in [-0.2, 0) is 0 Å². The summed E-state index contributed by atoms with van der Waals surface area (Å²) in [6, 6.07) is 0. The number of rotatable bonds is 0. The molecule has 1 rings (SSSR count). The van der Waals surface area contributed by atoms with Gasteiger partial charge < -0.3 is 0 Å². The summed E-state index contributed by atoms with van der Waals surface area (Å²) in [6.07, 6.45) is 26.0. The highest BCUT2D eigenvalue weighted by atomic mass is 13.9. The number of allylic oxidation sites excluding steroid dienone is 10. The van der Waals surface area contributed by atoms with E-state index in [1.165, 1.54) is 19.3 Å². The molecule has 0 spiro atoms. The van der Waals surface area contributed by atoms with Crippen molar-refractivity contribution in [3.63, 3.8) is 0 Å². The second-order valence-electron chi connectivity index (χ2n) is 3.26. The van der Waals surface area contributed by atoms with Crippen LogP contribution >= 0.6 is 0 Å². The summed E-state index contributed by atoms with van der Waals surface area (Å²) in [5, 5.41) is 0. The summed E-state index contributed by atoms with van der Waals surface area (Å²) < 4.78 is 0. The Kier molecular flexibility index (Phi) is 6.39. The quantitative estimate of drug-likeness (QED) is 0.494. The Morgan fingerprint density at radius 1 is 0.500 bits per heavy atom. The van der Waals surface area contributed by atoms with Crippen LogP contribution in [0.25, 0.3) is 0 Å². The van der Waals surface area contributed by atoms with E-state index in [0.29, 0.717) is 0 Å². The van der Waals surface area contributed by atoms with Crippen LogP contribution in [0.5, 0.6) is 0 Å². The Morgan fingerprint density at radius 3 is 2.00 bits per heavy atom. The highest BCUT2D eigenvalue weighted by Gasteiger charge is 1.79. The highest BCUT2D eigenvalue weighted by molar-refractivity contribution is 5.15. The zero-order valence-electron chi connectivity index (χ0n) is 8.60. The molecule has 0 heteroatoms. The lowest BCUT2D eigenvalue weighted by molar-refractivity contribution is 0.866. The van der Waals surface area contributed by atoms with Gasteiger partial charge in [-0.25, -0.2) is 0 Å². The fraction of sp³-hybridized carbons (Fsp3) is 0.286. The minimum absolute atomic E-state index is 1.05. The van der Waals surface area contributed by atoms with Gasteiger partial charge in [-0.2, -0.15) is 0 Å². The SMILES string of the molecule is C1=CCCCC=CCC=C/C=C/C=C\1. The monoisotopic (exact) mass is 186 g/mol. The molecular formula is C14H18. The normalized spacial score (nSPS) is 22.9. The minimum atomic E-state index is 1.05. The van der Waals surface area contributed by atoms with Crippen LogP contribution in [0.4, 0.5) is 0 Å². The molecule has 0 N–H and O–H groups in total. The molecule has 0 unspecified atom stereocenters. The zero-order valence-corrected chi connectivity index (χ0v) is 8.60. The van der Waals surface area contributed by atoms with Gasteiger partial charge in [0.15, 0.2) is 0 Å². The molecular weight excluding hydrogens is 168 g/mol. The lowest BCUT2D eigenvalue weighted by Crippen LogP contribution is -1.69. The summed E-state index contributed by atoms with van der Waals surface area (Å²) in [5.41, 5.74) is 0. The fourth-order valence-electron chi connectivity index (χ4n) is 1.23. The number of hydrogen-bond donors (Lipinski definition) is 0. The maximum Gasteiger partial charge on any atom is -0.0166 e. The van der Waals surface area contributed by atoms with E-state index in [1.807, 2.05) is 0 Å². The Balaban J connectivity index is 2.46. The molecule has 1 aliphatic carbocycles. The van der Waals surface area contributed by atoms with Crippen molar-refractivity contribution in [3.8, 4) is 0 Å². The summed E-state index contributed by atoms with van der Waals surface area (Å²) in [7, 11) is 0. The van der Waals surface area contributed by atoms with E-state index in [0.717, 1.165) is 6.42 Å². The van der Waals surface area contributed by atoms with Gasteiger partial charge in [-0.1, -0.05) is 60.8 Å². The van der Waals surface area contributed by atoms with Crippen molar-refractivity contribution in [1.29, 1.82) is 0 Å². The molecule has 0 aromatic rings. The topological polar surface area (TPSA) is 0 Å². The molecule has 0 aromatic carbocycles. The van der Waals surface area contributed by atoms with Crippen molar-refractivity contribution in [2.45, 2.75) is 25.7 Å². The molecule has 0 amide bonds. The molecule has 0 atom stereocenters. The Hall–Kier alpha value is -1.30. The van der Waals surface area contributed by atoms with Crippen LogP contribution in [0.3, 0.4) is 0 Å². The van der Waals surface area contributed by atoms with Gasteiger partial charge in [0.1, 0.15) is 0 Å². The standard InChI is InChI=1S/C14H18/c1-2-4-6-8-10-12-14-13-11-9-7-5-3-1/h1-8,11,13H,9-10,12,14H2/b3-1+,4-2-,7-5?,8-6?,13-11?. The van der Waals surface area contributed by atoms with Gasteiger partial charge in [-0.3, -0.25) is 0 Å². The van der Waals surface area contributed by atoms with Crippen LogP contribution < -0.4 is 0 Å². The van der Waals surface area contributed by atoms with Crippen LogP contribution in [-0.4, -0.2) is 0 Å². The van der Waals surface area contributed by atoms with Crippen molar-refractivity contribution in [2.24, 2.45) is 0 Å². The van der Waals surface area contributed by atoms with Gasteiger partial charge in [-0.15, -0.1) is 0 Å². The molecule has 0 nitrogen and oxygen atoms in total. The van der Waals surface area contributed by atoms with Crippen molar-refractivity contribution >= 4 is 0 Å². The van der Waals surface area contributed by atoms with Gasteiger partial charge in [0.2, 0.25) is 0 Å². The minimum Gasteiger partial charge on any atom is -0.0882 e. The third-order valence-corrected chi connectivity index (χ3v) is 2.01. The van der Waals surface area contributed by atoms with Crippen LogP contribution in [0.15, 0.2) is 60.8 Å². The van der Waals surface area contributed by atoms with Gasteiger partial charge >= 0.3 is 0 Å². The van der Waals surface area contributed by atoms with Gasteiger partial charge in [-0.05, 0) is 25.7 Å². The molecule has 0 heterocycles. The van der Waals surface area contributed by atoms with Gasteiger partial charge in [0.25, 0.3) is 0 Å². The predicted molar refractivity (Wildman–Crippen MR) is 64.2 cm³/mol. The lowest BCUT2D eigenvalue weighted by atomic mass is 10.2. The molecule has 0 bridgehead atoms. The Labute approximate surface area is 87.0 Å². The third-order valence-electron chi connectivity index (χ3n) is 2.01.